The number of rotatable bonds is 7. The van der Waals surface area contributed by atoms with E-state index in [0.29, 0.717) is 12.0 Å². The van der Waals surface area contributed by atoms with Crippen LogP contribution in [0.5, 0.6) is 0 Å². The first-order chi connectivity index (χ1) is 10.0. The predicted octanol–water partition coefficient (Wildman–Crippen LogP) is 3.58. The van der Waals surface area contributed by atoms with Crippen molar-refractivity contribution in [1.29, 1.82) is 0 Å². The third-order valence-electron chi connectivity index (χ3n) is 3.54. The minimum absolute atomic E-state index is 0.520. The lowest BCUT2D eigenvalue weighted by molar-refractivity contribution is 0.444. The molecule has 4 heteroatoms. The molecule has 0 radical (unpaired) electrons. The molecule has 1 aromatic carbocycles. The lowest BCUT2D eigenvalue weighted by atomic mass is 9.93. The highest BCUT2D eigenvalue weighted by Crippen LogP contribution is 2.17. The van der Waals surface area contributed by atoms with E-state index in [0.717, 1.165) is 23.9 Å². The molecular formula is C17H24BrN3. The molecule has 0 fully saturated rings. The summed E-state index contributed by atoms with van der Waals surface area (Å²) >= 11 is 3.49. The number of nitrogens with one attached hydrogen (secondary N) is 1. The second-order valence-corrected chi connectivity index (χ2v) is 6.90. The number of aromatic nitrogens is 2. The molecule has 0 saturated carbocycles. The van der Waals surface area contributed by atoms with Gasteiger partial charge in [0.25, 0.3) is 0 Å². The number of halogens is 1. The van der Waals surface area contributed by atoms with Gasteiger partial charge in [-0.2, -0.15) is 5.10 Å². The van der Waals surface area contributed by atoms with Crippen molar-refractivity contribution in [3.05, 3.63) is 52.3 Å². The van der Waals surface area contributed by atoms with Gasteiger partial charge in [0, 0.05) is 23.8 Å². The van der Waals surface area contributed by atoms with E-state index in [1.54, 1.807) is 0 Å². The molecule has 0 bridgehead atoms. The maximum absolute atomic E-state index is 4.27. The molecule has 0 aliphatic heterocycles. The summed E-state index contributed by atoms with van der Waals surface area (Å²) in [4.78, 5) is 0. The van der Waals surface area contributed by atoms with Crippen LogP contribution in [0, 0.1) is 5.92 Å². The second kappa shape index (κ2) is 7.76. The van der Waals surface area contributed by atoms with Crippen LogP contribution in [-0.2, 0) is 19.9 Å². The average Bonchev–Trinajstić information content (AvgIpc) is 2.84. The maximum atomic E-state index is 4.27. The van der Waals surface area contributed by atoms with Crippen molar-refractivity contribution in [2.24, 2.45) is 13.0 Å². The van der Waals surface area contributed by atoms with Gasteiger partial charge in [-0.3, -0.25) is 4.68 Å². The molecule has 1 heterocycles. The Morgan fingerprint density at radius 3 is 2.38 bits per heavy atom. The Morgan fingerprint density at radius 2 is 1.81 bits per heavy atom. The summed E-state index contributed by atoms with van der Waals surface area (Å²) in [6.45, 7) is 5.42. The normalized spacial score (nSPS) is 12.8. The highest BCUT2D eigenvalue weighted by Gasteiger charge is 2.12. The van der Waals surface area contributed by atoms with Crippen LogP contribution in [0.1, 0.15) is 25.0 Å². The van der Waals surface area contributed by atoms with E-state index in [4.69, 9.17) is 0 Å². The van der Waals surface area contributed by atoms with Crippen molar-refractivity contribution in [1.82, 2.24) is 15.1 Å². The molecule has 1 atom stereocenters. The number of nitrogens with zero attached hydrogens (tertiary/aromatic N) is 2. The van der Waals surface area contributed by atoms with Crippen LogP contribution < -0.4 is 5.32 Å². The third kappa shape index (κ3) is 5.64. The Balaban J connectivity index is 2.02. The first-order valence-electron chi connectivity index (χ1n) is 7.48. The van der Waals surface area contributed by atoms with E-state index in [2.05, 4.69) is 70.7 Å². The molecule has 3 nitrogen and oxygen atoms in total. The summed E-state index contributed by atoms with van der Waals surface area (Å²) in [6.07, 6.45) is 6.24. The van der Waals surface area contributed by atoms with E-state index in [1.807, 2.05) is 17.9 Å². The maximum Gasteiger partial charge on any atom is 0.0521 e. The fourth-order valence-electron chi connectivity index (χ4n) is 2.48. The summed E-state index contributed by atoms with van der Waals surface area (Å²) in [5.41, 5.74) is 2.70. The molecule has 1 N–H and O–H groups in total. The van der Waals surface area contributed by atoms with Gasteiger partial charge in [-0.15, -0.1) is 0 Å². The Morgan fingerprint density at radius 1 is 1.14 bits per heavy atom. The molecule has 1 unspecified atom stereocenters. The third-order valence-corrected chi connectivity index (χ3v) is 4.06. The minimum atomic E-state index is 0.520. The highest BCUT2D eigenvalue weighted by molar-refractivity contribution is 9.10. The number of hydrogen-bond donors (Lipinski definition) is 1. The average molecular weight is 350 g/mol. The summed E-state index contributed by atoms with van der Waals surface area (Å²) in [5, 5.41) is 7.84. The van der Waals surface area contributed by atoms with Crippen molar-refractivity contribution in [2.45, 2.75) is 32.7 Å². The quantitative estimate of drug-likeness (QED) is 0.827. The standard InChI is InChI=1S/C17H24BrN3/c1-13(2)19-10-15(9-16-11-20-21(3)12-16)8-14-4-6-17(18)7-5-14/h4-7,11-13,15,19H,8-10H2,1-3H3. The number of benzene rings is 1. The smallest absolute Gasteiger partial charge is 0.0521 e. The lowest BCUT2D eigenvalue weighted by Gasteiger charge is -2.19. The zero-order valence-electron chi connectivity index (χ0n) is 13.0. The highest BCUT2D eigenvalue weighted by atomic mass is 79.9. The van der Waals surface area contributed by atoms with Crippen LogP contribution >= 0.6 is 15.9 Å². The SMILES string of the molecule is CC(C)NCC(Cc1ccc(Br)cc1)Cc1cnn(C)c1. The van der Waals surface area contributed by atoms with Crippen LogP contribution in [0.4, 0.5) is 0 Å². The summed E-state index contributed by atoms with van der Waals surface area (Å²) < 4.78 is 3.01. The molecule has 2 aromatic rings. The molecule has 0 aliphatic rings. The van der Waals surface area contributed by atoms with Gasteiger partial charge in [-0.25, -0.2) is 0 Å². The largest absolute Gasteiger partial charge is 0.314 e. The zero-order valence-corrected chi connectivity index (χ0v) is 14.6. The Bertz CT molecular complexity index is 545. The minimum Gasteiger partial charge on any atom is -0.314 e. The predicted molar refractivity (Wildman–Crippen MR) is 91.4 cm³/mol. The van der Waals surface area contributed by atoms with Gasteiger partial charge in [0.05, 0.1) is 6.20 Å². The van der Waals surface area contributed by atoms with Gasteiger partial charge in [-0.1, -0.05) is 41.9 Å². The van der Waals surface area contributed by atoms with Gasteiger partial charge in [0.15, 0.2) is 0 Å². The fourth-order valence-corrected chi connectivity index (χ4v) is 2.75. The second-order valence-electron chi connectivity index (χ2n) is 5.99. The van der Waals surface area contributed by atoms with Gasteiger partial charge >= 0.3 is 0 Å². The van der Waals surface area contributed by atoms with Gasteiger partial charge < -0.3 is 5.32 Å². The zero-order chi connectivity index (χ0) is 15.2. The first kappa shape index (κ1) is 16.2. The Kier molecular flexibility index (Phi) is 6.00. The molecule has 21 heavy (non-hydrogen) atoms. The summed E-state index contributed by atoms with van der Waals surface area (Å²) in [7, 11) is 1.97. The van der Waals surface area contributed by atoms with E-state index in [-0.39, 0.29) is 0 Å². The Hall–Kier alpha value is -1.13. The first-order valence-corrected chi connectivity index (χ1v) is 8.27. The monoisotopic (exact) mass is 349 g/mol. The lowest BCUT2D eigenvalue weighted by Crippen LogP contribution is -2.31. The van der Waals surface area contributed by atoms with Crippen LogP contribution in [-0.4, -0.2) is 22.4 Å². The van der Waals surface area contributed by atoms with E-state index >= 15 is 0 Å². The van der Waals surface area contributed by atoms with E-state index < -0.39 is 0 Å². The summed E-state index contributed by atoms with van der Waals surface area (Å²) in [5.74, 6) is 0.581. The molecule has 2 rings (SSSR count). The van der Waals surface area contributed by atoms with E-state index in [9.17, 15) is 0 Å². The van der Waals surface area contributed by atoms with Gasteiger partial charge in [-0.05, 0) is 48.6 Å². The fraction of sp³-hybridized carbons (Fsp3) is 0.471. The van der Waals surface area contributed by atoms with Crippen molar-refractivity contribution in [2.75, 3.05) is 6.54 Å². The number of hydrogen-bond acceptors (Lipinski definition) is 2. The topological polar surface area (TPSA) is 29.9 Å². The molecule has 114 valence electrons. The van der Waals surface area contributed by atoms with Crippen molar-refractivity contribution in [3.63, 3.8) is 0 Å². The molecular weight excluding hydrogens is 326 g/mol. The summed E-state index contributed by atoms with van der Waals surface area (Å²) in [6, 6.07) is 9.16. The van der Waals surface area contributed by atoms with Gasteiger partial charge in [0.1, 0.15) is 0 Å². The van der Waals surface area contributed by atoms with Crippen LogP contribution in [0.15, 0.2) is 41.1 Å². The molecule has 0 aliphatic carbocycles. The molecule has 0 amide bonds. The van der Waals surface area contributed by atoms with E-state index in [1.165, 1.54) is 11.1 Å². The van der Waals surface area contributed by atoms with Gasteiger partial charge in [0.2, 0.25) is 0 Å². The number of aryl methyl sites for hydroxylation is 1. The van der Waals surface area contributed by atoms with Crippen molar-refractivity contribution in [3.8, 4) is 0 Å². The molecule has 0 saturated heterocycles. The van der Waals surface area contributed by atoms with Crippen LogP contribution in [0.2, 0.25) is 0 Å². The van der Waals surface area contributed by atoms with Crippen LogP contribution in [0.25, 0.3) is 0 Å². The molecule has 1 aromatic heterocycles. The molecule has 0 spiro atoms. The van der Waals surface area contributed by atoms with Crippen LogP contribution in [0.3, 0.4) is 0 Å². The van der Waals surface area contributed by atoms with Crippen molar-refractivity contribution >= 4 is 15.9 Å². The Labute approximate surface area is 135 Å². The van der Waals surface area contributed by atoms with Crippen molar-refractivity contribution < 1.29 is 0 Å².